The minimum Gasteiger partial charge on any atom is -0.457 e. The van der Waals surface area contributed by atoms with Crippen LogP contribution in [0.1, 0.15) is 5.56 Å². The standard InChI is InChI=1S/C14H13N5O/c15-12-8-6-11(7-9-12)10-20-14-16-17-18-19(14)13-4-2-1-3-5-13/h1-9H,10,15H2. The Kier molecular flexibility index (Phi) is 3.28. The van der Waals surface area contributed by atoms with Crippen LogP contribution < -0.4 is 10.5 Å². The van der Waals surface area contributed by atoms with Crippen LogP contribution in [0.3, 0.4) is 0 Å². The summed E-state index contributed by atoms with van der Waals surface area (Å²) in [6.07, 6.45) is 0. The summed E-state index contributed by atoms with van der Waals surface area (Å²) in [4.78, 5) is 0. The summed E-state index contributed by atoms with van der Waals surface area (Å²) >= 11 is 0. The maximum Gasteiger partial charge on any atom is 0.340 e. The van der Waals surface area contributed by atoms with Crippen LogP contribution in [-0.4, -0.2) is 20.2 Å². The molecule has 0 fully saturated rings. The molecule has 20 heavy (non-hydrogen) atoms. The quantitative estimate of drug-likeness (QED) is 0.729. The second kappa shape index (κ2) is 5.40. The zero-order chi connectivity index (χ0) is 13.8. The molecule has 6 heteroatoms. The van der Waals surface area contributed by atoms with Crippen LogP contribution in [0.2, 0.25) is 0 Å². The Morgan fingerprint density at radius 2 is 1.75 bits per heavy atom. The first-order chi connectivity index (χ1) is 9.83. The number of para-hydroxylation sites is 1. The average molecular weight is 267 g/mol. The molecule has 3 aromatic rings. The number of aromatic nitrogens is 4. The zero-order valence-electron chi connectivity index (χ0n) is 10.7. The van der Waals surface area contributed by atoms with Crippen LogP contribution in [0, 0.1) is 0 Å². The molecule has 1 aromatic heterocycles. The Morgan fingerprint density at radius 3 is 2.50 bits per heavy atom. The Bertz CT molecular complexity index is 678. The number of hydrogen-bond acceptors (Lipinski definition) is 5. The molecule has 0 bridgehead atoms. The fraction of sp³-hybridized carbons (Fsp3) is 0.0714. The molecule has 0 aliphatic heterocycles. The van der Waals surface area contributed by atoms with Gasteiger partial charge < -0.3 is 10.5 Å². The van der Waals surface area contributed by atoms with Crippen molar-refractivity contribution in [2.24, 2.45) is 0 Å². The van der Waals surface area contributed by atoms with Gasteiger partial charge >= 0.3 is 6.01 Å². The van der Waals surface area contributed by atoms with Crippen molar-refractivity contribution in [1.82, 2.24) is 20.2 Å². The Hall–Kier alpha value is -2.89. The average Bonchev–Trinajstić information content (AvgIpc) is 2.96. The van der Waals surface area contributed by atoms with Crippen molar-refractivity contribution in [2.75, 3.05) is 5.73 Å². The van der Waals surface area contributed by atoms with E-state index < -0.39 is 0 Å². The van der Waals surface area contributed by atoms with Gasteiger partial charge in [-0.3, -0.25) is 0 Å². The van der Waals surface area contributed by atoms with E-state index in [0.717, 1.165) is 16.9 Å². The summed E-state index contributed by atoms with van der Waals surface area (Å²) in [5.74, 6) is 0. The topological polar surface area (TPSA) is 78.8 Å². The number of benzene rings is 2. The van der Waals surface area contributed by atoms with E-state index in [4.69, 9.17) is 10.5 Å². The Morgan fingerprint density at radius 1 is 1.00 bits per heavy atom. The summed E-state index contributed by atoms with van der Waals surface area (Å²) in [6.45, 7) is 0.382. The summed E-state index contributed by atoms with van der Waals surface area (Å²) in [5.41, 5.74) is 8.22. The molecular formula is C14H13N5O. The highest BCUT2D eigenvalue weighted by Crippen LogP contribution is 2.14. The van der Waals surface area contributed by atoms with E-state index in [0.29, 0.717) is 12.6 Å². The van der Waals surface area contributed by atoms with E-state index >= 15 is 0 Å². The van der Waals surface area contributed by atoms with Crippen LogP contribution in [0.25, 0.3) is 5.69 Å². The number of hydrogen-bond donors (Lipinski definition) is 1. The number of nitrogens with zero attached hydrogens (tertiary/aromatic N) is 4. The lowest BCUT2D eigenvalue weighted by Gasteiger charge is -2.06. The van der Waals surface area contributed by atoms with Gasteiger partial charge in [0.1, 0.15) is 6.61 Å². The molecule has 0 saturated heterocycles. The van der Waals surface area contributed by atoms with Crippen LogP contribution in [0.15, 0.2) is 54.6 Å². The van der Waals surface area contributed by atoms with E-state index in [9.17, 15) is 0 Å². The van der Waals surface area contributed by atoms with E-state index in [2.05, 4.69) is 15.5 Å². The first-order valence-corrected chi connectivity index (χ1v) is 6.14. The first kappa shape index (κ1) is 12.2. The van der Waals surface area contributed by atoms with Gasteiger partial charge in [0.2, 0.25) is 0 Å². The third-order valence-electron chi connectivity index (χ3n) is 2.79. The summed E-state index contributed by atoms with van der Waals surface area (Å²) < 4.78 is 7.20. The second-order valence-electron chi connectivity index (χ2n) is 4.24. The van der Waals surface area contributed by atoms with Crippen molar-refractivity contribution in [3.63, 3.8) is 0 Å². The molecule has 2 N–H and O–H groups in total. The number of anilines is 1. The number of tetrazole rings is 1. The maximum atomic E-state index is 5.64. The molecule has 0 spiro atoms. The molecule has 0 amide bonds. The first-order valence-electron chi connectivity index (χ1n) is 6.14. The van der Waals surface area contributed by atoms with E-state index in [1.54, 1.807) is 4.68 Å². The SMILES string of the molecule is Nc1ccc(COc2nnnn2-c2ccccc2)cc1. The summed E-state index contributed by atoms with van der Waals surface area (Å²) in [5, 5.41) is 11.4. The molecular weight excluding hydrogens is 254 g/mol. The van der Waals surface area contributed by atoms with E-state index in [-0.39, 0.29) is 0 Å². The predicted octanol–water partition coefficient (Wildman–Crippen LogP) is 1.82. The lowest BCUT2D eigenvalue weighted by molar-refractivity contribution is 0.273. The van der Waals surface area contributed by atoms with Gasteiger partial charge in [0.15, 0.2) is 0 Å². The number of rotatable bonds is 4. The molecule has 0 saturated carbocycles. The molecule has 0 atom stereocenters. The smallest absolute Gasteiger partial charge is 0.340 e. The van der Waals surface area contributed by atoms with Crippen molar-refractivity contribution in [3.8, 4) is 11.7 Å². The van der Waals surface area contributed by atoms with Crippen molar-refractivity contribution >= 4 is 5.69 Å². The third kappa shape index (κ3) is 2.59. The number of ether oxygens (including phenoxy) is 1. The van der Waals surface area contributed by atoms with Gasteiger partial charge in [-0.25, -0.2) is 0 Å². The lowest BCUT2D eigenvalue weighted by atomic mass is 10.2. The molecule has 3 rings (SSSR count). The maximum absolute atomic E-state index is 5.64. The number of nitrogens with two attached hydrogens (primary N) is 1. The fourth-order valence-electron chi connectivity index (χ4n) is 1.76. The molecule has 0 radical (unpaired) electrons. The highest BCUT2D eigenvalue weighted by atomic mass is 16.5. The normalized spacial score (nSPS) is 10.4. The summed E-state index contributed by atoms with van der Waals surface area (Å²) in [7, 11) is 0. The van der Waals surface area contributed by atoms with Crippen molar-refractivity contribution in [2.45, 2.75) is 6.61 Å². The second-order valence-corrected chi connectivity index (χ2v) is 4.24. The zero-order valence-corrected chi connectivity index (χ0v) is 10.7. The molecule has 0 unspecified atom stereocenters. The van der Waals surface area contributed by atoms with Gasteiger partial charge in [-0.15, -0.1) is 0 Å². The molecule has 1 heterocycles. The predicted molar refractivity (Wildman–Crippen MR) is 74.3 cm³/mol. The molecule has 6 nitrogen and oxygen atoms in total. The minimum atomic E-state index is 0.355. The van der Waals surface area contributed by atoms with Gasteiger partial charge in [0.05, 0.1) is 5.69 Å². The molecule has 2 aromatic carbocycles. The Balaban J connectivity index is 1.76. The van der Waals surface area contributed by atoms with Gasteiger partial charge in [-0.05, 0) is 40.3 Å². The van der Waals surface area contributed by atoms with Crippen LogP contribution >= 0.6 is 0 Å². The minimum absolute atomic E-state index is 0.355. The third-order valence-corrected chi connectivity index (χ3v) is 2.79. The monoisotopic (exact) mass is 267 g/mol. The fourth-order valence-corrected chi connectivity index (χ4v) is 1.76. The van der Waals surface area contributed by atoms with Crippen molar-refractivity contribution < 1.29 is 4.74 Å². The van der Waals surface area contributed by atoms with E-state index in [1.807, 2.05) is 54.6 Å². The van der Waals surface area contributed by atoms with Crippen molar-refractivity contribution in [3.05, 3.63) is 60.2 Å². The molecule has 0 aliphatic carbocycles. The Labute approximate surface area is 115 Å². The van der Waals surface area contributed by atoms with Crippen LogP contribution in [-0.2, 0) is 6.61 Å². The number of nitrogen functional groups attached to an aromatic ring is 1. The molecule has 0 aliphatic rings. The van der Waals surface area contributed by atoms with Gasteiger partial charge in [0, 0.05) is 5.69 Å². The molecule has 100 valence electrons. The van der Waals surface area contributed by atoms with Gasteiger partial charge in [0.25, 0.3) is 0 Å². The lowest BCUT2D eigenvalue weighted by Crippen LogP contribution is -2.04. The van der Waals surface area contributed by atoms with Crippen LogP contribution in [0.5, 0.6) is 6.01 Å². The largest absolute Gasteiger partial charge is 0.457 e. The highest BCUT2D eigenvalue weighted by molar-refractivity contribution is 5.39. The highest BCUT2D eigenvalue weighted by Gasteiger charge is 2.09. The van der Waals surface area contributed by atoms with E-state index in [1.165, 1.54) is 0 Å². The van der Waals surface area contributed by atoms with Crippen molar-refractivity contribution in [1.29, 1.82) is 0 Å². The van der Waals surface area contributed by atoms with Crippen LogP contribution in [0.4, 0.5) is 5.69 Å². The van der Waals surface area contributed by atoms with Gasteiger partial charge in [-0.2, -0.15) is 4.68 Å². The van der Waals surface area contributed by atoms with Gasteiger partial charge in [-0.1, -0.05) is 35.4 Å². The summed E-state index contributed by atoms with van der Waals surface area (Å²) in [6, 6.07) is 17.4.